The minimum Gasteiger partial charge on any atom is -0.381 e. The van der Waals surface area contributed by atoms with Crippen molar-refractivity contribution in [3.05, 3.63) is 7.43 Å². The largest absolute Gasteiger partial charge is 1.00 e. The Labute approximate surface area is 133 Å². The summed E-state index contributed by atoms with van der Waals surface area (Å²) in [5.74, 6) is 0. The van der Waals surface area contributed by atoms with Gasteiger partial charge in [0, 0.05) is 13.2 Å². The maximum Gasteiger partial charge on any atom is 1.00 e. The molecule has 0 saturated heterocycles. The van der Waals surface area contributed by atoms with Crippen LogP contribution in [0.5, 0.6) is 0 Å². The second-order valence-electron chi connectivity index (χ2n) is 2.21. The normalized spacial score (nSPS) is 7.71. The summed E-state index contributed by atoms with van der Waals surface area (Å²) in [6.07, 6.45) is 2.06. The van der Waals surface area contributed by atoms with Crippen LogP contribution < -0.4 is 62.4 Å². The summed E-state index contributed by atoms with van der Waals surface area (Å²) in [6.45, 7) is 7.41. The molecule has 0 aliphatic rings. The van der Waals surface area contributed by atoms with Crippen LogP contribution in [0, 0.1) is 7.43 Å². The minimum atomic E-state index is 0. The molecule has 0 bridgehead atoms. The first-order valence-corrected chi connectivity index (χ1v) is 4.84. The molecule has 0 aliphatic carbocycles. The number of nitrogens with one attached hydrogen (secondary N) is 1. The number of rotatable bonds is 7. The van der Waals surface area contributed by atoms with Gasteiger partial charge in [0.1, 0.15) is 0 Å². The molecule has 3 N–H and O–H groups in total. The molecule has 0 aromatic heterocycles. The van der Waals surface area contributed by atoms with Crippen molar-refractivity contribution in [1.82, 2.24) is 5.32 Å². The molecule has 84 valence electrons. The van der Waals surface area contributed by atoms with Crippen LogP contribution in [-0.4, -0.2) is 33.4 Å². The van der Waals surface area contributed by atoms with E-state index in [-0.39, 0.29) is 58.8 Å². The molecule has 3 nitrogen and oxygen atoms in total. The second kappa shape index (κ2) is 29.3. The van der Waals surface area contributed by atoms with E-state index in [2.05, 4.69) is 5.32 Å². The van der Waals surface area contributed by atoms with E-state index in [0.29, 0.717) is 0 Å². The SMILES string of the molecule is CC.CNCCCOCCCN.[CH3-].[K+]. The van der Waals surface area contributed by atoms with Gasteiger partial charge in [-0.25, -0.2) is 0 Å². The molecule has 0 atom stereocenters. The third-order valence-corrected chi connectivity index (χ3v) is 1.21. The van der Waals surface area contributed by atoms with Crippen LogP contribution in [-0.2, 0) is 4.74 Å². The van der Waals surface area contributed by atoms with E-state index < -0.39 is 0 Å². The van der Waals surface area contributed by atoms with Gasteiger partial charge in [-0.1, -0.05) is 13.8 Å². The Hall–Kier alpha value is 1.52. The Balaban J connectivity index is -0.000000117. The van der Waals surface area contributed by atoms with E-state index in [4.69, 9.17) is 10.5 Å². The number of hydrogen-bond donors (Lipinski definition) is 2. The quantitative estimate of drug-likeness (QED) is 0.316. The standard InChI is InChI=1S/C7H18N2O.C2H6.CH3.K/c1-9-5-3-7-10-6-2-4-8;1-2;;/h9H,2-8H2,1H3;1-2H3;1H3;/q;;-1;+1. The van der Waals surface area contributed by atoms with E-state index in [9.17, 15) is 0 Å². The number of hydrogen-bond acceptors (Lipinski definition) is 3. The summed E-state index contributed by atoms with van der Waals surface area (Å²) < 4.78 is 5.26. The van der Waals surface area contributed by atoms with Crippen LogP contribution in [0.15, 0.2) is 0 Å². The average Bonchev–Trinajstić information content (AvgIpc) is 2.15. The van der Waals surface area contributed by atoms with Crippen molar-refractivity contribution in [3.63, 3.8) is 0 Å². The molecule has 0 rings (SSSR count). The van der Waals surface area contributed by atoms with Gasteiger partial charge >= 0.3 is 51.4 Å². The predicted molar refractivity (Wildman–Crippen MR) is 60.8 cm³/mol. The third kappa shape index (κ3) is 29.2. The summed E-state index contributed by atoms with van der Waals surface area (Å²) in [6, 6.07) is 0. The van der Waals surface area contributed by atoms with Crippen molar-refractivity contribution >= 4 is 0 Å². The predicted octanol–water partition coefficient (Wildman–Crippen LogP) is -1.56. The summed E-state index contributed by atoms with van der Waals surface area (Å²) in [7, 11) is 1.94. The maximum atomic E-state index is 5.28. The topological polar surface area (TPSA) is 47.3 Å². The fourth-order valence-corrected chi connectivity index (χ4v) is 0.638. The summed E-state index contributed by atoms with van der Waals surface area (Å²) in [5.41, 5.74) is 5.28. The first-order chi connectivity index (χ1) is 5.91. The Bertz CT molecular complexity index is 58.1. The van der Waals surface area contributed by atoms with Crippen molar-refractivity contribution in [3.8, 4) is 0 Å². The van der Waals surface area contributed by atoms with E-state index in [1.165, 1.54) is 0 Å². The number of nitrogens with two attached hydrogens (primary N) is 1. The van der Waals surface area contributed by atoms with Gasteiger partial charge < -0.3 is 23.2 Å². The molecule has 0 fully saturated rings. The van der Waals surface area contributed by atoms with Crippen molar-refractivity contribution < 1.29 is 56.1 Å². The van der Waals surface area contributed by atoms with Crippen molar-refractivity contribution in [1.29, 1.82) is 0 Å². The molecular formula is C10H27KN2O. The minimum absolute atomic E-state index is 0. The Morgan fingerprint density at radius 1 is 1.14 bits per heavy atom. The van der Waals surface area contributed by atoms with Gasteiger partial charge in [-0.2, -0.15) is 0 Å². The van der Waals surface area contributed by atoms with Gasteiger partial charge in [-0.3, -0.25) is 0 Å². The van der Waals surface area contributed by atoms with Crippen molar-refractivity contribution in [2.75, 3.05) is 33.4 Å². The molecule has 0 aliphatic heterocycles. The average molecular weight is 230 g/mol. The van der Waals surface area contributed by atoms with Crippen LogP contribution >= 0.6 is 0 Å². The van der Waals surface area contributed by atoms with Crippen molar-refractivity contribution in [2.24, 2.45) is 5.73 Å². The molecule has 0 saturated carbocycles. The molecule has 4 heteroatoms. The van der Waals surface area contributed by atoms with Crippen LogP contribution in [0.3, 0.4) is 0 Å². The third-order valence-electron chi connectivity index (χ3n) is 1.21. The van der Waals surface area contributed by atoms with Crippen LogP contribution in [0.2, 0.25) is 0 Å². The first kappa shape index (κ1) is 24.7. The van der Waals surface area contributed by atoms with Crippen LogP contribution in [0.25, 0.3) is 0 Å². The van der Waals surface area contributed by atoms with Gasteiger partial charge in [-0.15, -0.1) is 0 Å². The molecule has 14 heavy (non-hydrogen) atoms. The van der Waals surface area contributed by atoms with E-state index in [1.807, 2.05) is 20.9 Å². The monoisotopic (exact) mass is 230 g/mol. The molecule has 0 radical (unpaired) electrons. The molecule has 0 spiro atoms. The first-order valence-electron chi connectivity index (χ1n) is 4.84. The van der Waals surface area contributed by atoms with Gasteiger partial charge in [0.05, 0.1) is 0 Å². The van der Waals surface area contributed by atoms with E-state index in [0.717, 1.165) is 39.1 Å². The second-order valence-corrected chi connectivity index (χ2v) is 2.21. The van der Waals surface area contributed by atoms with Gasteiger partial charge in [-0.05, 0) is 33.0 Å². The van der Waals surface area contributed by atoms with Crippen LogP contribution in [0.1, 0.15) is 26.7 Å². The maximum absolute atomic E-state index is 5.28. The molecule has 0 aromatic rings. The fraction of sp³-hybridized carbons (Fsp3) is 0.900. The van der Waals surface area contributed by atoms with Gasteiger partial charge in [0.15, 0.2) is 0 Å². The summed E-state index contributed by atoms with van der Waals surface area (Å²) in [4.78, 5) is 0. The summed E-state index contributed by atoms with van der Waals surface area (Å²) >= 11 is 0. The van der Waals surface area contributed by atoms with Crippen LogP contribution in [0.4, 0.5) is 0 Å². The van der Waals surface area contributed by atoms with Crippen molar-refractivity contribution in [2.45, 2.75) is 26.7 Å². The zero-order valence-electron chi connectivity index (χ0n) is 10.7. The fourth-order valence-electron chi connectivity index (χ4n) is 0.638. The Morgan fingerprint density at radius 3 is 2.07 bits per heavy atom. The molecular weight excluding hydrogens is 203 g/mol. The molecule has 0 aromatic carbocycles. The Morgan fingerprint density at radius 2 is 1.64 bits per heavy atom. The molecule has 0 heterocycles. The van der Waals surface area contributed by atoms with E-state index in [1.54, 1.807) is 0 Å². The molecule has 0 amide bonds. The van der Waals surface area contributed by atoms with E-state index >= 15 is 0 Å². The number of ether oxygens (including phenoxy) is 1. The van der Waals surface area contributed by atoms with Gasteiger partial charge in [0.25, 0.3) is 0 Å². The molecule has 0 unspecified atom stereocenters. The summed E-state index contributed by atoms with van der Waals surface area (Å²) in [5, 5.41) is 3.05. The van der Waals surface area contributed by atoms with Gasteiger partial charge in [0.2, 0.25) is 0 Å². The zero-order valence-corrected chi connectivity index (χ0v) is 13.9. The zero-order chi connectivity index (χ0) is 9.66. The Kier molecular flexibility index (Phi) is 51.6. The smallest absolute Gasteiger partial charge is 0.381 e.